The molecule has 0 aliphatic heterocycles. The predicted octanol–water partition coefficient (Wildman–Crippen LogP) is 2.16. The average molecular weight is 183 g/mol. The molecule has 0 amide bonds. The monoisotopic (exact) mass is 183 g/mol. The molecule has 0 N–H and O–H groups in total. The average Bonchev–Trinajstić information content (AvgIpc) is 2.03. The van der Waals surface area contributed by atoms with Gasteiger partial charge in [-0.25, -0.2) is 0 Å². The summed E-state index contributed by atoms with van der Waals surface area (Å²) in [4.78, 5) is 0. The van der Waals surface area contributed by atoms with Gasteiger partial charge in [-0.15, -0.1) is 0 Å². The van der Waals surface area contributed by atoms with Crippen molar-refractivity contribution in [2.24, 2.45) is 0 Å². The Labute approximate surface area is 76.3 Å². The number of rotatable bonds is 3. The van der Waals surface area contributed by atoms with Crippen LogP contribution in [0.5, 0.6) is 0 Å². The first-order chi connectivity index (χ1) is 5.66. The van der Waals surface area contributed by atoms with Crippen molar-refractivity contribution in [2.45, 2.75) is 26.9 Å². The Kier molecular flexibility index (Phi) is 6.54. The van der Waals surface area contributed by atoms with E-state index in [1.165, 1.54) is 0 Å². The largest absolute Gasteiger partial charge is 0.413 e. The van der Waals surface area contributed by atoms with Crippen LogP contribution in [0.2, 0.25) is 13.1 Å². The van der Waals surface area contributed by atoms with Gasteiger partial charge in [-0.3, -0.25) is 0 Å². The molecule has 0 unspecified atom stereocenters. The summed E-state index contributed by atoms with van der Waals surface area (Å²) in [5, 5.41) is 0. The van der Waals surface area contributed by atoms with E-state index in [1.807, 2.05) is 19.9 Å². The van der Waals surface area contributed by atoms with Crippen LogP contribution in [0.25, 0.3) is 0 Å². The van der Waals surface area contributed by atoms with Crippen LogP contribution in [-0.4, -0.2) is 15.6 Å². The molecule has 0 aliphatic rings. The molecular formula is C9H15O2Si. The van der Waals surface area contributed by atoms with Crippen LogP contribution >= 0.6 is 0 Å². The summed E-state index contributed by atoms with van der Waals surface area (Å²) in [5.74, 6) is 3.59. The molecule has 3 heteroatoms. The summed E-state index contributed by atoms with van der Waals surface area (Å²) in [7, 11) is -0.613. The fraction of sp³-hybridized carbons (Fsp3) is 0.556. The van der Waals surface area contributed by atoms with Gasteiger partial charge in [0, 0.05) is 0 Å². The molecule has 0 atom stereocenters. The standard InChI is InChI=1S/C9H15O2Si/c1-5-9(2)10-7-6-8-11-12(3)4/h5H,8H2,1-4H3/b9-5+. The Bertz CT molecular complexity index is 198. The predicted molar refractivity (Wildman–Crippen MR) is 51.7 cm³/mol. The van der Waals surface area contributed by atoms with E-state index in [0.717, 1.165) is 5.76 Å². The molecular weight excluding hydrogens is 168 g/mol. The third kappa shape index (κ3) is 7.38. The lowest BCUT2D eigenvalue weighted by Crippen LogP contribution is -2.07. The molecule has 2 nitrogen and oxygen atoms in total. The number of ether oxygens (including phenoxy) is 1. The van der Waals surface area contributed by atoms with Gasteiger partial charge in [0.2, 0.25) is 9.04 Å². The normalized spacial score (nSPS) is 10.9. The molecule has 0 aromatic rings. The summed E-state index contributed by atoms with van der Waals surface area (Å²) >= 11 is 0. The van der Waals surface area contributed by atoms with Gasteiger partial charge in [-0.1, -0.05) is 0 Å². The quantitative estimate of drug-likeness (QED) is 0.379. The maximum Gasteiger partial charge on any atom is 0.206 e. The highest BCUT2D eigenvalue weighted by atomic mass is 28.3. The summed E-state index contributed by atoms with van der Waals surface area (Å²) in [6, 6.07) is 0. The first-order valence-electron chi connectivity index (χ1n) is 3.87. The van der Waals surface area contributed by atoms with Crippen LogP contribution in [0.1, 0.15) is 13.8 Å². The third-order valence-electron chi connectivity index (χ3n) is 1.12. The minimum atomic E-state index is -0.613. The minimum absolute atomic E-state index is 0.471. The Hall–Kier alpha value is -0.723. The van der Waals surface area contributed by atoms with E-state index in [4.69, 9.17) is 9.16 Å². The van der Waals surface area contributed by atoms with Crippen LogP contribution in [-0.2, 0) is 9.16 Å². The Morgan fingerprint density at radius 2 is 2.17 bits per heavy atom. The van der Waals surface area contributed by atoms with Crippen LogP contribution in [0.15, 0.2) is 11.8 Å². The van der Waals surface area contributed by atoms with Crippen LogP contribution in [0.3, 0.4) is 0 Å². The molecule has 0 bridgehead atoms. The lowest BCUT2D eigenvalue weighted by molar-refractivity contribution is 0.367. The highest BCUT2D eigenvalue weighted by Gasteiger charge is 1.91. The SMILES string of the molecule is C/C=C(\C)OC#CCO[Si](C)C. The zero-order valence-corrected chi connectivity index (χ0v) is 9.10. The summed E-state index contributed by atoms with van der Waals surface area (Å²) in [6.45, 7) is 8.39. The van der Waals surface area contributed by atoms with E-state index in [0.29, 0.717) is 6.61 Å². The molecule has 0 heterocycles. The van der Waals surface area contributed by atoms with Crippen molar-refractivity contribution in [3.8, 4) is 12.0 Å². The van der Waals surface area contributed by atoms with Crippen molar-refractivity contribution in [2.75, 3.05) is 6.61 Å². The first-order valence-corrected chi connectivity index (χ1v) is 6.28. The third-order valence-corrected chi connectivity index (χ3v) is 1.85. The zero-order valence-electron chi connectivity index (χ0n) is 8.10. The molecule has 1 radical (unpaired) electrons. The van der Waals surface area contributed by atoms with Crippen LogP contribution in [0.4, 0.5) is 0 Å². The van der Waals surface area contributed by atoms with Crippen molar-refractivity contribution in [1.82, 2.24) is 0 Å². The molecule has 0 spiro atoms. The lowest BCUT2D eigenvalue weighted by atomic mass is 10.5. The van der Waals surface area contributed by atoms with Gasteiger partial charge in [-0.05, 0) is 38.9 Å². The fourth-order valence-corrected chi connectivity index (χ4v) is 0.746. The van der Waals surface area contributed by atoms with Gasteiger partial charge >= 0.3 is 0 Å². The van der Waals surface area contributed by atoms with Gasteiger partial charge in [-0.2, -0.15) is 0 Å². The second-order valence-electron chi connectivity index (χ2n) is 2.48. The van der Waals surface area contributed by atoms with Gasteiger partial charge in [0.05, 0.1) is 6.61 Å². The maximum atomic E-state index is 5.29. The highest BCUT2D eigenvalue weighted by molar-refractivity contribution is 6.48. The highest BCUT2D eigenvalue weighted by Crippen LogP contribution is 1.91. The molecule has 0 saturated heterocycles. The van der Waals surface area contributed by atoms with E-state index in [1.54, 1.807) is 0 Å². The fourth-order valence-electron chi connectivity index (χ4n) is 0.385. The summed E-state index contributed by atoms with van der Waals surface area (Å²) < 4.78 is 10.3. The molecule has 0 fully saturated rings. The summed E-state index contributed by atoms with van der Waals surface area (Å²) in [5.41, 5.74) is 0. The molecule has 12 heavy (non-hydrogen) atoms. The van der Waals surface area contributed by atoms with Crippen LogP contribution < -0.4 is 0 Å². The second-order valence-corrected chi connectivity index (χ2v) is 4.58. The van der Waals surface area contributed by atoms with Crippen molar-refractivity contribution in [1.29, 1.82) is 0 Å². The molecule has 0 saturated carbocycles. The topological polar surface area (TPSA) is 18.5 Å². The molecule has 0 aliphatic carbocycles. The second kappa shape index (κ2) is 6.95. The smallest absolute Gasteiger partial charge is 0.206 e. The van der Waals surface area contributed by atoms with E-state index < -0.39 is 9.04 Å². The molecule has 0 aromatic heterocycles. The van der Waals surface area contributed by atoms with Gasteiger partial charge in [0.15, 0.2) is 0 Å². The summed E-state index contributed by atoms with van der Waals surface area (Å²) in [6.07, 6.45) is 4.43. The van der Waals surface area contributed by atoms with Crippen LogP contribution in [0, 0.1) is 12.0 Å². The van der Waals surface area contributed by atoms with Gasteiger partial charge in [0.1, 0.15) is 11.9 Å². The Morgan fingerprint density at radius 1 is 1.50 bits per heavy atom. The number of hydrogen-bond acceptors (Lipinski definition) is 2. The van der Waals surface area contributed by atoms with Crippen molar-refractivity contribution >= 4 is 9.04 Å². The number of hydrogen-bond donors (Lipinski definition) is 0. The Morgan fingerprint density at radius 3 is 2.67 bits per heavy atom. The van der Waals surface area contributed by atoms with E-state index in [2.05, 4.69) is 25.1 Å². The van der Waals surface area contributed by atoms with Gasteiger partial charge in [0.25, 0.3) is 0 Å². The lowest BCUT2D eigenvalue weighted by Gasteiger charge is -1.98. The minimum Gasteiger partial charge on any atom is -0.413 e. The van der Waals surface area contributed by atoms with Crippen molar-refractivity contribution in [3.05, 3.63) is 11.8 Å². The maximum absolute atomic E-state index is 5.29. The zero-order chi connectivity index (χ0) is 9.40. The molecule has 0 aromatic carbocycles. The van der Waals surface area contributed by atoms with E-state index in [-0.39, 0.29) is 0 Å². The molecule has 0 rings (SSSR count). The first kappa shape index (κ1) is 11.3. The van der Waals surface area contributed by atoms with Gasteiger partial charge < -0.3 is 9.16 Å². The Balaban J connectivity index is 3.48. The molecule has 67 valence electrons. The van der Waals surface area contributed by atoms with E-state index >= 15 is 0 Å². The van der Waals surface area contributed by atoms with E-state index in [9.17, 15) is 0 Å². The van der Waals surface area contributed by atoms with Crippen molar-refractivity contribution in [3.63, 3.8) is 0 Å². The number of allylic oxidation sites excluding steroid dienone is 2. The van der Waals surface area contributed by atoms with Crippen molar-refractivity contribution < 1.29 is 9.16 Å².